The van der Waals surface area contributed by atoms with Gasteiger partial charge in [-0.1, -0.05) is 12.1 Å². The lowest BCUT2D eigenvalue weighted by molar-refractivity contribution is -0.0415. The first-order chi connectivity index (χ1) is 9.83. The smallest absolute Gasteiger partial charge is 0.410 e. The lowest BCUT2D eigenvalue weighted by Gasteiger charge is -2.34. The van der Waals surface area contributed by atoms with Crippen molar-refractivity contribution in [2.75, 3.05) is 25.4 Å². The molecule has 1 fully saturated rings. The highest BCUT2D eigenvalue weighted by Gasteiger charge is 2.28. The number of nitrogens with two attached hydrogens (primary N) is 1. The Morgan fingerprint density at radius 1 is 1.38 bits per heavy atom. The van der Waals surface area contributed by atoms with Gasteiger partial charge < -0.3 is 20.1 Å². The molecule has 1 aliphatic rings. The second kappa shape index (κ2) is 6.35. The van der Waals surface area contributed by atoms with Crippen LogP contribution in [0.3, 0.4) is 0 Å². The fourth-order valence-corrected chi connectivity index (χ4v) is 2.25. The number of nitrogens with zero attached hydrogens (tertiary/aromatic N) is 1. The zero-order valence-electron chi connectivity index (χ0n) is 13.0. The zero-order valence-corrected chi connectivity index (χ0v) is 13.0. The summed E-state index contributed by atoms with van der Waals surface area (Å²) < 4.78 is 11.1. The predicted octanol–water partition coefficient (Wildman–Crippen LogP) is 2.45. The van der Waals surface area contributed by atoms with Crippen LogP contribution in [0.5, 0.6) is 0 Å². The minimum atomic E-state index is -0.470. The molecule has 1 heterocycles. The van der Waals surface area contributed by atoms with Crippen molar-refractivity contribution in [3.63, 3.8) is 0 Å². The number of benzene rings is 1. The van der Waals surface area contributed by atoms with Crippen LogP contribution in [0.15, 0.2) is 24.3 Å². The number of nitrogen functional groups attached to an aromatic ring is 1. The molecule has 0 radical (unpaired) electrons. The number of hydrogen-bond donors (Lipinski definition) is 1. The largest absolute Gasteiger partial charge is 0.444 e. The van der Waals surface area contributed by atoms with Crippen LogP contribution in [0.25, 0.3) is 0 Å². The molecule has 1 aromatic carbocycles. The van der Waals surface area contributed by atoms with E-state index in [1.165, 1.54) is 0 Å². The number of carbonyl (C=O) groups is 1. The number of rotatable bonds is 2. The highest BCUT2D eigenvalue weighted by Crippen LogP contribution is 2.16. The van der Waals surface area contributed by atoms with Crippen molar-refractivity contribution in [1.82, 2.24) is 4.90 Å². The van der Waals surface area contributed by atoms with Crippen molar-refractivity contribution in [3.05, 3.63) is 29.8 Å². The highest BCUT2D eigenvalue weighted by molar-refractivity contribution is 5.68. The van der Waals surface area contributed by atoms with Crippen LogP contribution in [-0.2, 0) is 15.9 Å². The summed E-state index contributed by atoms with van der Waals surface area (Å²) in [4.78, 5) is 13.8. The fraction of sp³-hybridized carbons (Fsp3) is 0.562. The van der Waals surface area contributed by atoms with Crippen molar-refractivity contribution >= 4 is 11.8 Å². The van der Waals surface area contributed by atoms with Crippen LogP contribution >= 0.6 is 0 Å². The van der Waals surface area contributed by atoms with E-state index in [9.17, 15) is 4.79 Å². The van der Waals surface area contributed by atoms with Crippen LogP contribution in [0.4, 0.5) is 10.5 Å². The van der Waals surface area contributed by atoms with Crippen LogP contribution < -0.4 is 5.73 Å². The molecule has 1 atom stereocenters. The van der Waals surface area contributed by atoms with Gasteiger partial charge >= 0.3 is 6.09 Å². The summed E-state index contributed by atoms with van der Waals surface area (Å²) in [5.41, 5.74) is 7.11. The van der Waals surface area contributed by atoms with Crippen LogP contribution in [0, 0.1) is 0 Å². The van der Waals surface area contributed by atoms with Gasteiger partial charge in [0, 0.05) is 18.7 Å². The van der Waals surface area contributed by atoms with Crippen molar-refractivity contribution in [2.24, 2.45) is 0 Å². The molecular formula is C16H24N2O3. The first-order valence-electron chi connectivity index (χ1n) is 7.27. The monoisotopic (exact) mass is 292 g/mol. The number of morpholine rings is 1. The van der Waals surface area contributed by atoms with Crippen molar-refractivity contribution in [2.45, 2.75) is 38.9 Å². The van der Waals surface area contributed by atoms with Crippen molar-refractivity contribution in [1.29, 1.82) is 0 Å². The van der Waals surface area contributed by atoms with Gasteiger partial charge in [-0.15, -0.1) is 0 Å². The van der Waals surface area contributed by atoms with Gasteiger partial charge in [-0.05, 0) is 38.5 Å². The maximum atomic E-state index is 12.1. The van der Waals surface area contributed by atoms with Crippen molar-refractivity contribution < 1.29 is 14.3 Å². The molecule has 0 spiro atoms. The lowest BCUT2D eigenvalue weighted by atomic mass is 10.1. The van der Waals surface area contributed by atoms with Crippen LogP contribution in [0.1, 0.15) is 26.3 Å². The average Bonchev–Trinajstić information content (AvgIpc) is 2.40. The van der Waals surface area contributed by atoms with E-state index >= 15 is 0 Å². The molecule has 0 aromatic heterocycles. The van der Waals surface area contributed by atoms with Gasteiger partial charge in [0.1, 0.15) is 5.60 Å². The molecule has 116 valence electrons. The maximum Gasteiger partial charge on any atom is 0.410 e. The number of carbonyl (C=O) groups excluding carboxylic acids is 1. The van der Waals surface area contributed by atoms with E-state index in [1.807, 2.05) is 45.0 Å². The van der Waals surface area contributed by atoms with E-state index in [0.29, 0.717) is 19.7 Å². The number of amides is 1. The van der Waals surface area contributed by atoms with Gasteiger partial charge in [0.2, 0.25) is 0 Å². The Labute approximate surface area is 126 Å². The summed E-state index contributed by atoms with van der Waals surface area (Å²) in [6.07, 6.45) is 0.488. The third-order valence-electron chi connectivity index (χ3n) is 3.23. The molecule has 0 saturated carbocycles. The van der Waals surface area contributed by atoms with E-state index in [2.05, 4.69) is 0 Å². The Morgan fingerprint density at radius 2 is 2.05 bits per heavy atom. The Balaban J connectivity index is 1.91. The Kier molecular flexibility index (Phi) is 4.73. The van der Waals surface area contributed by atoms with Gasteiger partial charge in [0.25, 0.3) is 0 Å². The van der Waals surface area contributed by atoms with Crippen LogP contribution in [0.2, 0.25) is 0 Å². The SMILES string of the molecule is CC(C)(C)OC(=O)N1CCOC(Cc2ccc(N)cc2)C1. The minimum Gasteiger partial charge on any atom is -0.444 e. The quantitative estimate of drug-likeness (QED) is 0.850. The van der Waals surface area contributed by atoms with E-state index in [1.54, 1.807) is 4.90 Å². The highest BCUT2D eigenvalue weighted by atomic mass is 16.6. The van der Waals surface area contributed by atoms with E-state index < -0.39 is 5.60 Å². The predicted molar refractivity (Wildman–Crippen MR) is 82.1 cm³/mol. The summed E-state index contributed by atoms with van der Waals surface area (Å²) in [5, 5.41) is 0. The van der Waals surface area contributed by atoms with E-state index in [0.717, 1.165) is 17.7 Å². The molecule has 1 saturated heterocycles. The van der Waals surface area contributed by atoms with Crippen LogP contribution in [-0.4, -0.2) is 42.4 Å². The Hall–Kier alpha value is -1.75. The topological polar surface area (TPSA) is 64.8 Å². The van der Waals surface area contributed by atoms with Gasteiger partial charge in [-0.2, -0.15) is 0 Å². The van der Waals surface area contributed by atoms with Crippen molar-refractivity contribution in [3.8, 4) is 0 Å². The van der Waals surface area contributed by atoms with E-state index in [4.69, 9.17) is 15.2 Å². The second-order valence-corrected chi connectivity index (χ2v) is 6.36. The number of hydrogen-bond acceptors (Lipinski definition) is 4. The summed E-state index contributed by atoms with van der Waals surface area (Å²) >= 11 is 0. The minimum absolute atomic E-state index is 0.00473. The third-order valence-corrected chi connectivity index (χ3v) is 3.23. The van der Waals surface area contributed by atoms with Gasteiger partial charge in [0.15, 0.2) is 0 Å². The molecule has 2 N–H and O–H groups in total. The molecule has 21 heavy (non-hydrogen) atoms. The first-order valence-corrected chi connectivity index (χ1v) is 7.27. The molecule has 0 bridgehead atoms. The maximum absolute atomic E-state index is 12.1. The summed E-state index contributed by atoms with van der Waals surface area (Å²) in [7, 11) is 0. The molecular weight excluding hydrogens is 268 g/mol. The summed E-state index contributed by atoms with van der Waals surface area (Å²) in [6, 6.07) is 7.74. The molecule has 1 aromatic rings. The molecule has 2 rings (SSSR count). The Bertz CT molecular complexity index is 479. The van der Waals surface area contributed by atoms with Gasteiger partial charge in [-0.25, -0.2) is 4.79 Å². The molecule has 1 aliphatic heterocycles. The van der Waals surface area contributed by atoms with E-state index in [-0.39, 0.29) is 12.2 Å². The average molecular weight is 292 g/mol. The summed E-state index contributed by atoms with van der Waals surface area (Å²) in [6.45, 7) is 7.29. The fourth-order valence-electron chi connectivity index (χ4n) is 2.25. The normalized spacial score (nSPS) is 19.4. The Morgan fingerprint density at radius 3 is 2.67 bits per heavy atom. The summed E-state index contributed by atoms with van der Waals surface area (Å²) in [5.74, 6) is 0. The molecule has 1 unspecified atom stereocenters. The van der Waals surface area contributed by atoms with Gasteiger partial charge in [0.05, 0.1) is 19.3 Å². The molecule has 1 amide bonds. The molecule has 0 aliphatic carbocycles. The third kappa shape index (κ3) is 4.93. The molecule has 5 heteroatoms. The lowest BCUT2D eigenvalue weighted by Crippen LogP contribution is -2.48. The number of ether oxygens (including phenoxy) is 2. The first kappa shape index (κ1) is 15.6. The number of anilines is 1. The van der Waals surface area contributed by atoms with Gasteiger partial charge in [-0.3, -0.25) is 0 Å². The standard InChI is InChI=1S/C16H24N2O3/c1-16(2,3)21-15(19)18-8-9-20-14(11-18)10-12-4-6-13(17)7-5-12/h4-7,14H,8-11,17H2,1-3H3. The second-order valence-electron chi connectivity index (χ2n) is 6.36. The molecule has 5 nitrogen and oxygen atoms in total. The zero-order chi connectivity index (χ0) is 15.5.